The van der Waals surface area contributed by atoms with Gasteiger partial charge in [-0.15, -0.1) is 0 Å². The van der Waals surface area contributed by atoms with Crippen molar-refractivity contribution in [3.05, 3.63) is 0 Å². The third-order valence-electron chi connectivity index (χ3n) is 3.89. The first-order valence-electron chi connectivity index (χ1n) is 6.21. The number of carbonyl (C=O) groups excluding carboxylic acids is 1. The smallest absolute Gasteiger partial charge is 0.225 e. The van der Waals surface area contributed by atoms with Gasteiger partial charge in [0.1, 0.15) is 0 Å². The number of nitrogens with two attached hydrogens (primary N) is 1. The molecule has 0 aromatic heterocycles. The quantitative estimate of drug-likeness (QED) is 0.758. The summed E-state index contributed by atoms with van der Waals surface area (Å²) in [6.45, 7) is 4.76. The monoisotopic (exact) mass is 210 g/mol. The van der Waals surface area contributed by atoms with E-state index in [1.807, 2.05) is 0 Å². The summed E-state index contributed by atoms with van der Waals surface area (Å²) in [5.41, 5.74) is 5.54. The summed E-state index contributed by atoms with van der Waals surface area (Å²) in [6.07, 6.45) is 4.74. The molecule has 3 heteroatoms. The fourth-order valence-corrected chi connectivity index (χ4v) is 2.59. The number of likely N-dealkylation sites (tertiary alicyclic amines) is 1. The average Bonchev–Trinajstić information content (AvgIpc) is 2.98. The first kappa shape index (κ1) is 10.9. The molecule has 0 aromatic carbocycles. The second-order valence-corrected chi connectivity index (χ2v) is 5.14. The van der Waals surface area contributed by atoms with Gasteiger partial charge in [-0.25, -0.2) is 0 Å². The lowest BCUT2D eigenvalue weighted by molar-refractivity contribution is -0.134. The minimum absolute atomic E-state index is 0.265. The average molecular weight is 210 g/mol. The van der Waals surface area contributed by atoms with E-state index in [0.29, 0.717) is 17.7 Å². The molecule has 15 heavy (non-hydrogen) atoms. The van der Waals surface area contributed by atoms with E-state index in [9.17, 15) is 4.79 Å². The van der Waals surface area contributed by atoms with E-state index in [0.717, 1.165) is 32.5 Å². The number of hydrogen-bond donors (Lipinski definition) is 1. The molecule has 1 amide bonds. The summed E-state index contributed by atoms with van der Waals surface area (Å²) >= 11 is 0. The molecule has 2 rings (SSSR count). The lowest BCUT2D eigenvalue weighted by Crippen LogP contribution is -2.34. The Hall–Kier alpha value is -0.570. The predicted octanol–water partition coefficient (Wildman–Crippen LogP) is 1.23. The maximum atomic E-state index is 12.1. The molecule has 1 saturated heterocycles. The number of carbonyl (C=O) groups is 1. The molecule has 2 N–H and O–H groups in total. The van der Waals surface area contributed by atoms with Gasteiger partial charge in [0.2, 0.25) is 5.91 Å². The van der Waals surface area contributed by atoms with E-state index in [4.69, 9.17) is 5.73 Å². The number of rotatable bonds is 4. The van der Waals surface area contributed by atoms with Crippen molar-refractivity contribution in [1.29, 1.82) is 0 Å². The molecule has 1 aliphatic carbocycles. The SMILES string of the molecule is CC(C(=O)N1CCC(CCN)C1)C1CC1. The van der Waals surface area contributed by atoms with Crippen LogP contribution in [0.1, 0.15) is 32.6 Å². The number of amides is 1. The normalized spacial score (nSPS) is 28.1. The molecule has 2 aliphatic rings. The number of nitrogens with zero attached hydrogens (tertiary/aromatic N) is 1. The number of hydrogen-bond acceptors (Lipinski definition) is 2. The standard InChI is InChI=1S/C12H22N2O/c1-9(11-2-3-11)12(15)14-7-5-10(8-14)4-6-13/h9-11H,2-8,13H2,1H3. The van der Waals surface area contributed by atoms with Crippen LogP contribution in [0.15, 0.2) is 0 Å². The van der Waals surface area contributed by atoms with Gasteiger partial charge in [0.15, 0.2) is 0 Å². The van der Waals surface area contributed by atoms with Gasteiger partial charge in [-0.1, -0.05) is 6.92 Å². The lowest BCUT2D eigenvalue weighted by Gasteiger charge is -2.20. The van der Waals surface area contributed by atoms with E-state index in [2.05, 4.69) is 11.8 Å². The highest BCUT2D eigenvalue weighted by Gasteiger charge is 2.36. The zero-order chi connectivity index (χ0) is 10.8. The van der Waals surface area contributed by atoms with E-state index < -0.39 is 0 Å². The van der Waals surface area contributed by atoms with Crippen LogP contribution in [0, 0.1) is 17.8 Å². The Kier molecular flexibility index (Phi) is 3.29. The van der Waals surface area contributed by atoms with Crippen LogP contribution in [0.5, 0.6) is 0 Å². The van der Waals surface area contributed by atoms with Crippen LogP contribution in [0.3, 0.4) is 0 Å². The van der Waals surface area contributed by atoms with Gasteiger partial charge in [-0.2, -0.15) is 0 Å². The van der Waals surface area contributed by atoms with E-state index in [-0.39, 0.29) is 5.92 Å². The molecule has 0 bridgehead atoms. The maximum Gasteiger partial charge on any atom is 0.225 e. The summed E-state index contributed by atoms with van der Waals surface area (Å²) in [5.74, 6) is 2.00. The molecule has 86 valence electrons. The predicted molar refractivity (Wildman–Crippen MR) is 60.2 cm³/mol. The summed E-state index contributed by atoms with van der Waals surface area (Å²) in [5, 5.41) is 0. The van der Waals surface area contributed by atoms with Gasteiger partial charge in [0.05, 0.1) is 0 Å². The minimum Gasteiger partial charge on any atom is -0.342 e. The second-order valence-electron chi connectivity index (χ2n) is 5.14. The Bertz CT molecular complexity index is 238. The van der Waals surface area contributed by atoms with Gasteiger partial charge in [-0.05, 0) is 44.1 Å². The van der Waals surface area contributed by atoms with Gasteiger partial charge < -0.3 is 10.6 Å². The summed E-state index contributed by atoms with van der Waals surface area (Å²) in [6, 6.07) is 0. The second kappa shape index (κ2) is 4.52. The van der Waals surface area contributed by atoms with Crippen molar-refractivity contribution in [2.24, 2.45) is 23.5 Å². The zero-order valence-corrected chi connectivity index (χ0v) is 9.61. The third kappa shape index (κ3) is 2.51. The highest BCUT2D eigenvalue weighted by molar-refractivity contribution is 5.79. The summed E-state index contributed by atoms with van der Waals surface area (Å²) in [4.78, 5) is 14.1. The van der Waals surface area contributed by atoms with Crippen molar-refractivity contribution in [1.82, 2.24) is 4.90 Å². The topological polar surface area (TPSA) is 46.3 Å². The molecule has 1 saturated carbocycles. The molecule has 2 atom stereocenters. The fraction of sp³-hybridized carbons (Fsp3) is 0.917. The van der Waals surface area contributed by atoms with Crippen LogP contribution in [0.25, 0.3) is 0 Å². The van der Waals surface area contributed by atoms with E-state index >= 15 is 0 Å². The first-order chi connectivity index (χ1) is 7.22. The Labute approximate surface area is 92.0 Å². The molecular weight excluding hydrogens is 188 g/mol. The highest BCUT2D eigenvalue weighted by Crippen LogP contribution is 2.38. The first-order valence-corrected chi connectivity index (χ1v) is 6.21. The highest BCUT2D eigenvalue weighted by atomic mass is 16.2. The van der Waals surface area contributed by atoms with E-state index in [1.54, 1.807) is 0 Å². The van der Waals surface area contributed by atoms with Crippen molar-refractivity contribution in [2.75, 3.05) is 19.6 Å². The van der Waals surface area contributed by atoms with Crippen molar-refractivity contribution in [2.45, 2.75) is 32.6 Å². The Morgan fingerprint density at radius 3 is 2.80 bits per heavy atom. The van der Waals surface area contributed by atoms with Crippen LogP contribution < -0.4 is 5.73 Å². The Balaban J connectivity index is 1.81. The maximum absolute atomic E-state index is 12.1. The minimum atomic E-state index is 0.265. The van der Waals surface area contributed by atoms with Crippen molar-refractivity contribution >= 4 is 5.91 Å². The molecule has 2 fully saturated rings. The third-order valence-corrected chi connectivity index (χ3v) is 3.89. The van der Waals surface area contributed by atoms with Crippen LogP contribution in [0.2, 0.25) is 0 Å². The lowest BCUT2D eigenvalue weighted by atomic mass is 10.0. The van der Waals surface area contributed by atoms with Crippen molar-refractivity contribution in [3.63, 3.8) is 0 Å². The van der Waals surface area contributed by atoms with Crippen molar-refractivity contribution < 1.29 is 4.79 Å². The summed E-state index contributed by atoms with van der Waals surface area (Å²) < 4.78 is 0. The molecule has 0 radical (unpaired) electrons. The fourth-order valence-electron chi connectivity index (χ4n) is 2.59. The van der Waals surface area contributed by atoms with Gasteiger partial charge in [-0.3, -0.25) is 4.79 Å². The van der Waals surface area contributed by atoms with Gasteiger partial charge >= 0.3 is 0 Å². The molecular formula is C12H22N2O. The van der Waals surface area contributed by atoms with E-state index in [1.165, 1.54) is 12.8 Å². The summed E-state index contributed by atoms with van der Waals surface area (Å²) in [7, 11) is 0. The van der Waals surface area contributed by atoms with Crippen LogP contribution >= 0.6 is 0 Å². The van der Waals surface area contributed by atoms with Gasteiger partial charge in [0.25, 0.3) is 0 Å². The molecule has 2 unspecified atom stereocenters. The molecule has 1 aliphatic heterocycles. The van der Waals surface area contributed by atoms with Crippen LogP contribution in [-0.4, -0.2) is 30.4 Å². The van der Waals surface area contributed by atoms with Crippen LogP contribution in [-0.2, 0) is 4.79 Å². The zero-order valence-electron chi connectivity index (χ0n) is 9.61. The molecule has 0 aromatic rings. The Morgan fingerprint density at radius 2 is 2.20 bits per heavy atom. The molecule has 1 heterocycles. The van der Waals surface area contributed by atoms with Crippen LogP contribution in [0.4, 0.5) is 0 Å². The molecule has 0 spiro atoms. The van der Waals surface area contributed by atoms with Crippen molar-refractivity contribution in [3.8, 4) is 0 Å². The molecule has 3 nitrogen and oxygen atoms in total. The van der Waals surface area contributed by atoms with Gasteiger partial charge in [0, 0.05) is 19.0 Å². The Morgan fingerprint density at radius 1 is 1.47 bits per heavy atom. The largest absolute Gasteiger partial charge is 0.342 e.